The minimum Gasteiger partial charge on any atom is -0.491 e. The summed E-state index contributed by atoms with van der Waals surface area (Å²) in [5.41, 5.74) is -6.08. The Hall–Kier alpha value is -10.9. The van der Waals surface area contributed by atoms with Gasteiger partial charge in [-0.25, -0.2) is 81.7 Å². The summed E-state index contributed by atoms with van der Waals surface area (Å²) in [5.74, 6) is -12.0. The van der Waals surface area contributed by atoms with Gasteiger partial charge in [0.05, 0.1) is 37.1 Å². The minimum atomic E-state index is -5.11. The third-order valence-electron chi connectivity index (χ3n) is 14.1. The molecular formula is C77H89F15N6O17. The fourth-order valence-corrected chi connectivity index (χ4v) is 9.40. The number of aliphatic hydroxyl groups excluding tert-OH is 1. The van der Waals surface area contributed by atoms with Gasteiger partial charge in [-0.1, -0.05) is 0 Å². The lowest BCUT2D eigenvalue weighted by atomic mass is 9.92. The number of halogens is 15. The van der Waals surface area contributed by atoms with Crippen LogP contribution in [0.2, 0.25) is 0 Å². The minimum absolute atomic E-state index is 0.0613. The van der Waals surface area contributed by atoms with Crippen molar-refractivity contribution in [2.75, 3.05) is 14.2 Å². The molecule has 4 aromatic rings. The van der Waals surface area contributed by atoms with E-state index in [1.807, 2.05) is 0 Å². The van der Waals surface area contributed by atoms with E-state index in [9.17, 15) is 109 Å². The zero-order chi connectivity index (χ0) is 88.6. The monoisotopic (exact) mass is 1650 g/mol. The Bertz CT molecular complexity index is 4240. The van der Waals surface area contributed by atoms with Crippen LogP contribution < -0.4 is 26.6 Å². The van der Waals surface area contributed by atoms with Crippen molar-refractivity contribution in [3.63, 3.8) is 0 Å². The molecule has 9 atom stereocenters. The van der Waals surface area contributed by atoms with Gasteiger partial charge < -0.3 is 64.8 Å². The highest BCUT2D eigenvalue weighted by Crippen LogP contribution is 2.39. The molecule has 0 spiro atoms. The number of hydroxylamine groups is 2. The summed E-state index contributed by atoms with van der Waals surface area (Å²) in [5, 5.41) is 22.8. The zero-order valence-corrected chi connectivity index (χ0v) is 65.3. The van der Waals surface area contributed by atoms with Crippen LogP contribution in [0.5, 0.6) is 0 Å². The van der Waals surface area contributed by atoms with E-state index < -0.39 is 230 Å². The van der Waals surface area contributed by atoms with E-state index in [1.54, 1.807) is 89.2 Å². The van der Waals surface area contributed by atoms with Gasteiger partial charge in [-0.15, -0.1) is 37.0 Å². The van der Waals surface area contributed by atoms with Crippen LogP contribution in [0.1, 0.15) is 181 Å². The molecule has 23 nitrogen and oxygen atoms in total. The number of hydrogen-bond acceptors (Lipinski definition) is 17. The summed E-state index contributed by atoms with van der Waals surface area (Å²) in [7, 11) is 2.78. The number of ether oxygens (including phenoxy) is 7. The van der Waals surface area contributed by atoms with Crippen LogP contribution in [0.3, 0.4) is 0 Å². The van der Waals surface area contributed by atoms with Gasteiger partial charge in [0.1, 0.15) is 81.7 Å². The Morgan fingerprint density at radius 3 is 1.29 bits per heavy atom. The second-order valence-corrected chi connectivity index (χ2v) is 29.6. The Kier molecular flexibility index (Phi) is 37.4. The van der Waals surface area contributed by atoms with Gasteiger partial charge >= 0.3 is 36.6 Å². The largest absolute Gasteiger partial charge is 0.491 e. The van der Waals surface area contributed by atoms with Crippen LogP contribution in [-0.4, -0.2) is 143 Å². The van der Waals surface area contributed by atoms with Gasteiger partial charge in [-0.2, -0.15) is 13.2 Å². The third kappa shape index (κ3) is 34.8. The summed E-state index contributed by atoms with van der Waals surface area (Å²) in [6, 6.07) is -2.33. The van der Waals surface area contributed by atoms with Crippen molar-refractivity contribution >= 4 is 47.9 Å². The Balaban J connectivity index is 0.000000491. The van der Waals surface area contributed by atoms with E-state index in [2.05, 4.69) is 44.3 Å². The molecule has 634 valence electrons. The van der Waals surface area contributed by atoms with E-state index in [1.165, 1.54) is 41.2 Å². The molecule has 3 unspecified atom stereocenters. The van der Waals surface area contributed by atoms with Crippen molar-refractivity contribution in [2.24, 2.45) is 0 Å². The van der Waals surface area contributed by atoms with Gasteiger partial charge in [-0.3, -0.25) is 19.2 Å². The van der Waals surface area contributed by atoms with Gasteiger partial charge in [0.15, 0.2) is 58.1 Å². The number of terminal acetylenes is 3. The number of nitrogens with one attached hydrogen (secondary N) is 5. The lowest BCUT2D eigenvalue weighted by Gasteiger charge is -2.37. The molecule has 0 aromatic heterocycles. The molecule has 0 aliphatic carbocycles. The van der Waals surface area contributed by atoms with Gasteiger partial charge in [0.25, 0.3) is 5.91 Å². The number of benzene rings is 4. The molecule has 0 saturated carbocycles. The molecule has 115 heavy (non-hydrogen) atoms. The Morgan fingerprint density at radius 1 is 0.496 bits per heavy atom. The summed E-state index contributed by atoms with van der Waals surface area (Å²) in [6.45, 7) is 24.6. The Morgan fingerprint density at radius 2 is 0.861 bits per heavy atom. The van der Waals surface area contributed by atoms with E-state index in [-0.39, 0.29) is 37.0 Å². The third-order valence-corrected chi connectivity index (χ3v) is 14.1. The maximum atomic E-state index is 14.1. The average Bonchev–Trinajstić information content (AvgIpc) is 0.777. The summed E-state index contributed by atoms with van der Waals surface area (Å²) >= 11 is 0. The Labute approximate surface area is 653 Å². The number of nitrogens with zero attached hydrogens (tertiary/aromatic N) is 1. The van der Waals surface area contributed by atoms with Gasteiger partial charge in [-0.05, 0) is 141 Å². The van der Waals surface area contributed by atoms with Crippen LogP contribution >= 0.6 is 0 Å². The topological polar surface area (TPSA) is 294 Å². The van der Waals surface area contributed by atoms with Crippen molar-refractivity contribution in [3.8, 4) is 37.0 Å². The van der Waals surface area contributed by atoms with Crippen molar-refractivity contribution < 1.29 is 147 Å². The van der Waals surface area contributed by atoms with E-state index in [4.69, 9.17) is 57.3 Å². The number of hydrogen-bond donors (Lipinski definition) is 6. The second-order valence-electron chi connectivity index (χ2n) is 29.6. The van der Waals surface area contributed by atoms with Crippen LogP contribution in [0, 0.1) is 107 Å². The molecule has 6 amide bonds. The maximum absolute atomic E-state index is 14.1. The summed E-state index contributed by atoms with van der Waals surface area (Å²) < 4.78 is 235. The molecule has 4 aromatic carbocycles. The number of alkyl carbamates (subject to hydrolysis) is 5. The molecule has 6 rings (SSSR count). The lowest BCUT2D eigenvalue weighted by Crippen LogP contribution is -2.53. The van der Waals surface area contributed by atoms with Crippen molar-refractivity contribution in [3.05, 3.63) is 153 Å². The fraction of sp³-hybridized carbons (Fsp3) is 0.481. The number of rotatable bonds is 16. The quantitative estimate of drug-likeness (QED) is 0.0152. The highest BCUT2D eigenvalue weighted by Gasteiger charge is 2.53. The van der Waals surface area contributed by atoms with Gasteiger partial charge in [0.2, 0.25) is 6.10 Å². The first-order valence-electron chi connectivity index (χ1n) is 34.1. The van der Waals surface area contributed by atoms with Crippen LogP contribution in [-0.2, 0) is 47.6 Å². The molecule has 1 fully saturated rings. The predicted molar refractivity (Wildman–Crippen MR) is 381 cm³/mol. The van der Waals surface area contributed by atoms with Gasteiger partial charge in [0, 0.05) is 73.7 Å². The highest BCUT2D eigenvalue weighted by molar-refractivity contribution is 6.02. The smallest absolute Gasteiger partial charge is 0.421 e. The first-order chi connectivity index (χ1) is 52.7. The molecule has 38 heteroatoms. The standard InChI is InChI=1S/C17H17F6NO4.2C16H18F3NO3.C16H16F3NO3.C12H20N2O4/c1-16(2,3)28-15(26)24-11-6-12(25)14(17(21,22)23)27-13(11)7-4-9(19)10(20)5-8(7)18;1-16(2,3)23-15(21)20-13-5-4-6-22-14(13)9-7-11(18)12(19)8-10(9)17;2*1-5-6-13(20-15(22)23-16(2,3)4)14(21)9-7-11(18)12(19)8-10(9)17;1-7-8-9(10(15)14(5)17-6)13-11(16)18-12(2,3)4/h4-5,11,13-14H,6H2,1-3H3,(H,24,26);4,6-8,13-14H,5H2,1-3H3,(H,20,21);1,7-8,13-14,21H,6H2,2-4H3,(H,20,22);1,7-8,13H,6H2,2-4H3,(H,20,22);1,9H,8H2,2-6H3,(H,13,16)/t11-,13+,14?;2*13-,14+;;/m000../s1. The number of ketones is 2. The summed E-state index contributed by atoms with van der Waals surface area (Å²) in [6.07, 6.45) is 0.596. The molecule has 1 saturated heterocycles. The van der Waals surface area contributed by atoms with E-state index in [0.29, 0.717) is 36.8 Å². The molecule has 2 heterocycles. The first kappa shape index (κ1) is 100. The molecule has 0 radical (unpaired) electrons. The zero-order valence-electron chi connectivity index (χ0n) is 65.3. The number of likely N-dealkylation sites (N-methyl/N-ethyl adjacent to an activating group) is 1. The number of alkyl halides is 3. The number of aliphatic hydroxyl groups is 1. The number of carbonyl (C=O) groups excluding carboxylic acids is 8. The summed E-state index contributed by atoms with van der Waals surface area (Å²) in [4.78, 5) is 99.4. The lowest BCUT2D eigenvalue weighted by molar-refractivity contribution is -0.240. The van der Waals surface area contributed by atoms with Crippen LogP contribution in [0.15, 0.2) is 60.9 Å². The SMILES string of the molecule is C#CCC(NC(=O)OC(C)(C)C)C(=O)N(C)OC.C#CCC(NC(=O)OC(C)(C)C)C(=O)c1cc(F)c(F)cc1F.C#CC[C@H](NC(=O)OC(C)(C)C)[C@H](O)c1cc(F)c(F)cc1F.CC(C)(C)OC(=O)N[C@H]1CC(=O)C(C(F)(F)F)O[C@@H]1c1cc(F)c(F)cc1F.CC(C)(C)OC(=O)N[C@H]1CC=CO[C@@H]1c1cc(F)c(F)cc1F. The van der Waals surface area contributed by atoms with Crippen molar-refractivity contribution in [1.82, 2.24) is 31.6 Å². The highest BCUT2D eigenvalue weighted by atomic mass is 19.4. The van der Waals surface area contributed by atoms with Crippen LogP contribution in [0.4, 0.5) is 89.8 Å². The van der Waals surface area contributed by atoms with E-state index in [0.717, 1.165) is 11.1 Å². The van der Waals surface area contributed by atoms with Crippen molar-refractivity contribution in [1.29, 1.82) is 0 Å². The molecule has 2 aliphatic rings. The first-order valence-corrected chi connectivity index (χ1v) is 34.1. The molecule has 6 N–H and O–H groups in total. The fourth-order valence-electron chi connectivity index (χ4n) is 9.40. The number of Topliss-reactive ketones (excluding diaryl/α,β-unsaturated/α-hetero) is 2. The maximum Gasteiger partial charge on any atom is 0.421 e. The molecule has 2 aliphatic heterocycles. The molecule has 0 bridgehead atoms. The average molecular weight is 1660 g/mol. The van der Waals surface area contributed by atoms with Crippen LogP contribution in [0.25, 0.3) is 0 Å². The normalized spacial score (nSPS) is 17.0. The van der Waals surface area contributed by atoms with E-state index >= 15 is 0 Å². The number of amides is 6. The molecular weight excluding hydrogens is 1570 g/mol. The number of carbonyl (C=O) groups is 8. The predicted octanol–water partition coefficient (Wildman–Crippen LogP) is 15.1. The second kappa shape index (κ2) is 43.0. The van der Waals surface area contributed by atoms with Crippen molar-refractivity contribution in [2.45, 2.75) is 225 Å².